The van der Waals surface area contributed by atoms with Crippen molar-refractivity contribution in [3.05, 3.63) is 53.6 Å². The van der Waals surface area contributed by atoms with Crippen molar-refractivity contribution in [2.24, 2.45) is 0 Å². The summed E-state index contributed by atoms with van der Waals surface area (Å²) in [7, 11) is 0. The maximum Gasteiger partial charge on any atom is 0.152 e. The lowest BCUT2D eigenvalue weighted by molar-refractivity contribution is 0.683. The molecule has 1 aromatic carbocycles. The Bertz CT molecular complexity index is 766. The third-order valence-electron chi connectivity index (χ3n) is 3.47. The summed E-state index contributed by atoms with van der Waals surface area (Å²) in [5, 5.41) is 3.83. The smallest absolute Gasteiger partial charge is 0.152 e. The molecule has 2 heterocycles. The molecule has 0 saturated carbocycles. The summed E-state index contributed by atoms with van der Waals surface area (Å²) in [6, 6.07) is 10.2. The minimum Gasteiger partial charge on any atom is -0.264 e. The average molecular weight is 301 g/mol. The Morgan fingerprint density at radius 3 is 2.81 bits per heavy atom. The third kappa shape index (κ3) is 2.59. The van der Waals surface area contributed by atoms with Gasteiger partial charge in [-0.3, -0.25) is 9.69 Å². The second-order valence-electron chi connectivity index (χ2n) is 5.00. The SMILES string of the molecule is CCCN(c1cc(Cl)ncn1)n1cc(C)c2ccccc21. The molecule has 0 N–H and O–H groups in total. The van der Waals surface area contributed by atoms with E-state index >= 15 is 0 Å². The number of benzene rings is 1. The standard InChI is InChI=1S/C16H17ClN4/c1-3-8-20(16-9-15(17)18-11-19-16)21-10-12(2)13-6-4-5-7-14(13)21/h4-7,9-11H,3,8H2,1-2H3. The number of aromatic nitrogens is 3. The van der Waals surface area contributed by atoms with Crippen LogP contribution in [0.3, 0.4) is 0 Å². The van der Waals surface area contributed by atoms with Gasteiger partial charge < -0.3 is 0 Å². The molecule has 0 atom stereocenters. The van der Waals surface area contributed by atoms with Crippen LogP contribution in [0.1, 0.15) is 18.9 Å². The molecule has 0 spiro atoms. The van der Waals surface area contributed by atoms with Gasteiger partial charge in [0.2, 0.25) is 0 Å². The molecule has 0 bridgehead atoms. The maximum atomic E-state index is 6.01. The largest absolute Gasteiger partial charge is 0.264 e. The Kier molecular flexibility index (Phi) is 3.80. The van der Waals surface area contributed by atoms with Crippen LogP contribution in [0.4, 0.5) is 5.82 Å². The number of nitrogens with zero attached hydrogens (tertiary/aromatic N) is 4. The molecule has 0 aliphatic carbocycles. The first-order valence-corrected chi connectivity index (χ1v) is 7.40. The molecule has 0 unspecified atom stereocenters. The number of halogens is 1. The van der Waals surface area contributed by atoms with Gasteiger partial charge in [-0.05, 0) is 25.0 Å². The number of anilines is 1. The summed E-state index contributed by atoms with van der Waals surface area (Å²) in [5.41, 5.74) is 2.41. The van der Waals surface area contributed by atoms with Gasteiger partial charge in [0, 0.05) is 24.2 Å². The number of aryl methyl sites for hydroxylation is 1. The normalized spacial score (nSPS) is 11.0. The van der Waals surface area contributed by atoms with Gasteiger partial charge in [0.1, 0.15) is 11.5 Å². The quantitative estimate of drug-likeness (QED) is 0.681. The minimum atomic E-state index is 0.453. The lowest BCUT2D eigenvalue weighted by atomic mass is 10.2. The van der Waals surface area contributed by atoms with Crippen molar-refractivity contribution in [1.29, 1.82) is 0 Å². The van der Waals surface area contributed by atoms with Crippen molar-refractivity contribution in [2.75, 3.05) is 11.6 Å². The Morgan fingerprint density at radius 2 is 2.05 bits per heavy atom. The summed E-state index contributed by atoms with van der Waals surface area (Å²) < 4.78 is 2.15. The molecular weight excluding hydrogens is 284 g/mol. The van der Waals surface area contributed by atoms with Crippen molar-refractivity contribution in [1.82, 2.24) is 14.6 Å². The van der Waals surface area contributed by atoms with E-state index in [4.69, 9.17) is 11.6 Å². The highest BCUT2D eigenvalue weighted by molar-refractivity contribution is 6.29. The van der Waals surface area contributed by atoms with Crippen molar-refractivity contribution < 1.29 is 0 Å². The van der Waals surface area contributed by atoms with Crippen molar-refractivity contribution in [3.8, 4) is 0 Å². The molecule has 0 radical (unpaired) electrons. The lowest BCUT2D eigenvalue weighted by Gasteiger charge is -2.25. The third-order valence-corrected chi connectivity index (χ3v) is 3.68. The Balaban J connectivity index is 2.16. The number of fused-ring (bicyclic) bond motifs is 1. The van der Waals surface area contributed by atoms with E-state index in [-0.39, 0.29) is 0 Å². The Labute approximate surface area is 129 Å². The van der Waals surface area contributed by atoms with Crippen LogP contribution in [0.2, 0.25) is 5.15 Å². The van der Waals surface area contributed by atoms with Crippen molar-refractivity contribution in [3.63, 3.8) is 0 Å². The predicted molar refractivity (Wildman–Crippen MR) is 86.8 cm³/mol. The fourth-order valence-corrected chi connectivity index (χ4v) is 2.68. The highest BCUT2D eigenvalue weighted by Gasteiger charge is 2.14. The van der Waals surface area contributed by atoms with Crippen LogP contribution in [-0.2, 0) is 0 Å². The molecule has 5 heteroatoms. The van der Waals surface area contributed by atoms with E-state index < -0.39 is 0 Å². The number of hydrogen-bond acceptors (Lipinski definition) is 3. The molecule has 0 fully saturated rings. The monoisotopic (exact) mass is 300 g/mol. The van der Waals surface area contributed by atoms with Crippen LogP contribution >= 0.6 is 11.6 Å². The molecule has 3 rings (SSSR count). The number of para-hydroxylation sites is 1. The Hall–Kier alpha value is -2.07. The summed E-state index contributed by atoms with van der Waals surface area (Å²) in [4.78, 5) is 8.32. The topological polar surface area (TPSA) is 34.0 Å². The van der Waals surface area contributed by atoms with Crippen LogP contribution in [0.25, 0.3) is 10.9 Å². The summed E-state index contributed by atoms with van der Waals surface area (Å²) in [6.45, 7) is 5.12. The van der Waals surface area contributed by atoms with Crippen LogP contribution < -0.4 is 5.01 Å². The second kappa shape index (κ2) is 5.74. The van der Waals surface area contributed by atoms with Gasteiger partial charge >= 0.3 is 0 Å². The molecule has 2 aromatic heterocycles. The van der Waals surface area contributed by atoms with E-state index in [2.05, 4.69) is 64.0 Å². The average Bonchev–Trinajstić information content (AvgIpc) is 2.82. The minimum absolute atomic E-state index is 0.453. The summed E-state index contributed by atoms with van der Waals surface area (Å²) in [6.07, 6.45) is 4.64. The number of rotatable bonds is 4. The van der Waals surface area contributed by atoms with Gasteiger partial charge in [0.05, 0.1) is 5.52 Å². The van der Waals surface area contributed by atoms with Crippen LogP contribution in [0.15, 0.2) is 42.9 Å². The van der Waals surface area contributed by atoms with Gasteiger partial charge in [-0.2, -0.15) is 0 Å². The predicted octanol–water partition coefficient (Wildman–Crippen LogP) is 4.07. The Morgan fingerprint density at radius 1 is 1.24 bits per heavy atom. The van der Waals surface area contributed by atoms with Gasteiger partial charge in [0.15, 0.2) is 5.82 Å². The van der Waals surface area contributed by atoms with E-state index in [1.54, 1.807) is 6.07 Å². The second-order valence-corrected chi connectivity index (χ2v) is 5.38. The zero-order chi connectivity index (χ0) is 14.8. The van der Waals surface area contributed by atoms with Crippen LogP contribution in [-0.4, -0.2) is 21.2 Å². The van der Waals surface area contributed by atoms with Gasteiger partial charge in [0.25, 0.3) is 0 Å². The first-order valence-electron chi connectivity index (χ1n) is 7.02. The van der Waals surface area contributed by atoms with Crippen molar-refractivity contribution >= 4 is 28.3 Å². The maximum absolute atomic E-state index is 6.01. The first kappa shape index (κ1) is 13.9. The lowest BCUT2D eigenvalue weighted by Crippen LogP contribution is -2.30. The molecule has 21 heavy (non-hydrogen) atoms. The van der Waals surface area contributed by atoms with E-state index in [0.29, 0.717) is 5.15 Å². The first-order chi connectivity index (χ1) is 10.2. The zero-order valence-corrected chi connectivity index (χ0v) is 12.9. The number of hydrogen-bond donors (Lipinski definition) is 0. The van der Waals surface area contributed by atoms with Gasteiger partial charge in [-0.15, -0.1) is 0 Å². The molecule has 0 aliphatic rings. The zero-order valence-electron chi connectivity index (χ0n) is 12.1. The van der Waals surface area contributed by atoms with Crippen LogP contribution in [0.5, 0.6) is 0 Å². The summed E-state index contributed by atoms with van der Waals surface area (Å²) in [5.74, 6) is 0.803. The van der Waals surface area contributed by atoms with E-state index in [1.807, 2.05) is 0 Å². The van der Waals surface area contributed by atoms with Gasteiger partial charge in [-0.25, -0.2) is 9.97 Å². The van der Waals surface area contributed by atoms with Gasteiger partial charge in [-0.1, -0.05) is 36.7 Å². The van der Waals surface area contributed by atoms with E-state index in [1.165, 1.54) is 17.3 Å². The fraction of sp³-hybridized carbons (Fsp3) is 0.250. The molecule has 4 nitrogen and oxygen atoms in total. The fourth-order valence-electron chi connectivity index (χ4n) is 2.54. The summed E-state index contributed by atoms with van der Waals surface area (Å²) >= 11 is 6.01. The highest BCUT2D eigenvalue weighted by atomic mass is 35.5. The van der Waals surface area contributed by atoms with E-state index in [9.17, 15) is 0 Å². The van der Waals surface area contributed by atoms with Crippen molar-refractivity contribution in [2.45, 2.75) is 20.3 Å². The highest BCUT2D eigenvalue weighted by Crippen LogP contribution is 2.24. The van der Waals surface area contributed by atoms with Crippen LogP contribution in [0, 0.1) is 6.92 Å². The molecule has 0 aliphatic heterocycles. The molecule has 3 aromatic rings. The van der Waals surface area contributed by atoms with E-state index in [0.717, 1.165) is 24.3 Å². The molecule has 0 amide bonds. The molecule has 0 saturated heterocycles. The molecular formula is C16H17ClN4. The molecule has 108 valence electrons.